The standard InChI is InChI=1S/C27H23NO4P2/c29-33(26-16-7-3-12-22(26)20-10-1-5-14-24(20)31-33)19-9-18-28-34(30)27-17-8-4-13-23(27)21-11-2-6-15-25(21)32-34/h1-8,10-17H,9,18-19H2,(H,28,30). The van der Waals surface area contributed by atoms with E-state index in [-0.39, 0.29) is 0 Å². The molecule has 5 nitrogen and oxygen atoms in total. The van der Waals surface area contributed by atoms with Crippen molar-refractivity contribution in [2.45, 2.75) is 6.42 Å². The van der Waals surface area contributed by atoms with Crippen LogP contribution in [0, 0.1) is 0 Å². The third-order valence-electron chi connectivity index (χ3n) is 6.27. The Bertz CT molecular complexity index is 1390. The maximum atomic E-state index is 14.0. The minimum Gasteiger partial charge on any atom is -0.439 e. The Kier molecular flexibility index (Phi) is 5.22. The fraction of sp³-hybridized carbons (Fsp3) is 0.111. The van der Waals surface area contributed by atoms with Crippen molar-refractivity contribution in [3.63, 3.8) is 0 Å². The van der Waals surface area contributed by atoms with E-state index >= 15 is 0 Å². The van der Waals surface area contributed by atoms with Gasteiger partial charge in [-0.15, -0.1) is 0 Å². The number of para-hydroxylation sites is 2. The first-order valence-electron chi connectivity index (χ1n) is 11.3. The molecule has 4 aromatic carbocycles. The molecule has 0 aliphatic carbocycles. The van der Waals surface area contributed by atoms with E-state index in [1.54, 1.807) is 0 Å². The van der Waals surface area contributed by atoms with E-state index < -0.39 is 14.9 Å². The third-order valence-corrected chi connectivity index (χ3v) is 10.9. The molecule has 2 heterocycles. The van der Waals surface area contributed by atoms with Crippen molar-refractivity contribution in [1.29, 1.82) is 0 Å². The van der Waals surface area contributed by atoms with E-state index in [1.165, 1.54) is 0 Å². The van der Waals surface area contributed by atoms with Gasteiger partial charge >= 0.3 is 7.52 Å². The Balaban J connectivity index is 1.22. The average molecular weight is 487 g/mol. The van der Waals surface area contributed by atoms with Gasteiger partial charge in [-0.3, -0.25) is 9.13 Å². The highest BCUT2D eigenvalue weighted by Gasteiger charge is 2.37. The summed E-state index contributed by atoms with van der Waals surface area (Å²) in [6, 6.07) is 30.7. The molecule has 0 saturated carbocycles. The highest BCUT2D eigenvalue weighted by Crippen LogP contribution is 2.55. The Morgan fingerprint density at radius 3 is 1.76 bits per heavy atom. The number of rotatable bonds is 5. The van der Waals surface area contributed by atoms with Crippen LogP contribution in [0.15, 0.2) is 97.1 Å². The molecule has 6 rings (SSSR count). The van der Waals surface area contributed by atoms with Crippen LogP contribution in [0.4, 0.5) is 0 Å². The summed E-state index contributed by atoms with van der Waals surface area (Å²) in [6.07, 6.45) is 0.856. The van der Waals surface area contributed by atoms with Crippen LogP contribution >= 0.6 is 14.9 Å². The molecule has 0 aromatic heterocycles. The summed E-state index contributed by atoms with van der Waals surface area (Å²) >= 11 is 0. The quantitative estimate of drug-likeness (QED) is 0.268. The molecule has 0 amide bonds. The second-order valence-corrected chi connectivity index (χ2v) is 13.0. The molecule has 0 bridgehead atoms. The predicted molar refractivity (Wildman–Crippen MR) is 137 cm³/mol. The van der Waals surface area contributed by atoms with Crippen LogP contribution in [0.3, 0.4) is 0 Å². The molecular weight excluding hydrogens is 464 g/mol. The summed E-state index contributed by atoms with van der Waals surface area (Å²) in [5.41, 5.74) is 3.75. The van der Waals surface area contributed by atoms with Crippen molar-refractivity contribution < 1.29 is 18.2 Å². The van der Waals surface area contributed by atoms with Gasteiger partial charge in [0.15, 0.2) is 0 Å². The van der Waals surface area contributed by atoms with Crippen LogP contribution in [-0.4, -0.2) is 12.7 Å². The van der Waals surface area contributed by atoms with Gasteiger partial charge < -0.3 is 9.05 Å². The first-order chi connectivity index (χ1) is 16.6. The van der Waals surface area contributed by atoms with Gasteiger partial charge in [-0.1, -0.05) is 72.8 Å². The molecule has 2 atom stereocenters. The Morgan fingerprint density at radius 1 is 0.588 bits per heavy atom. The molecule has 170 valence electrons. The van der Waals surface area contributed by atoms with Crippen LogP contribution in [0.25, 0.3) is 22.3 Å². The van der Waals surface area contributed by atoms with Crippen molar-refractivity contribution in [3.05, 3.63) is 97.1 Å². The molecule has 0 saturated heterocycles. The van der Waals surface area contributed by atoms with Gasteiger partial charge in [0.05, 0.1) is 10.6 Å². The number of fused-ring (bicyclic) bond motifs is 6. The number of nitrogens with one attached hydrogen (secondary N) is 1. The fourth-order valence-electron chi connectivity index (χ4n) is 4.69. The largest absolute Gasteiger partial charge is 0.439 e. The Hall–Kier alpha value is -3.10. The van der Waals surface area contributed by atoms with Crippen molar-refractivity contribution in [2.75, 3.05) is 12.7 Å². The molecular formula is C27H23NO4P2. The molecule has 7 heteroatoms. The van der Waals surface area contributed by atoms with Crippen molar-refractivity contribution in [1.82, 2.24) is 5.09 Å². The zero-order valence-electron chi connectivity index (χ0n) is 18.4. The Morgan fingerprint density at radius 2 is 1.09 bits per heavy atom. The monoisotopic (exact) mass is 487 g/mol. The fourth-order valence-corrected chi connectivity index (χ4v) is 9.06. The number of benzene rings is 4. The van der Waals surface area contributed by atoms with E-state index in [0.29, 0.717) is 35.9 Å². The van der Waals surface area contributed by atoms with E-state index in [0.717, 1.165) is 27.6 Å². The summed E-state index contributed by atoms with van der Waals surface area (Å²) in [6.45, 7) is 0.380. The smallest absolute Gasteiger partial charge is 0.347 e. The second-order valence-electron chi connectivity index (χ2n) is 8.42. The van der Waals surface area contributed by atoms with Crippen molar-refractivity contribution in [2.24, 2.45) is 0 Å². The van der Waals surface area contributed by atoms with Crippen LogP contribution in [-0.2, 0) is 9.13 Å². The zero-order chi connectivity index (χ0) is 23.2. The topological polar surface area (TPSA) is 64.6 Å². The highest BCUT2D eigenvalue weighted by molar-refractivity contribution is 7.67. The molecule has 2 aliphatic rings. The van der Waals surface area contributed by atoms with Crippen molar-refractivity contribution in [3.8, 4) is 33.8 Å². The van der Waals surface area contributed by atoms with Crippen LogP contribution < -0.4 is 24.7 Å². The summed E-state index contributed by atoms with van der Waals surface area (Å²) < 4.78 is 39.9. The van der Waals surface area contributed by atoms with E-state index in [4.69, 9.17) is 9.05 Å². The molecule has 0 radical (unpaired) electrons. The third kappa shape index (κ3) is 3.52. The SMILES string of the molecule is O=P1(CCCNP2(=O)Oc3ccccc3-c3ccccc32)Oc2ccccc2-c2ccccc21. The van der Waals surface area contributed by atoms with Crippen LogP contribution in [0.1, 0.15) is 6.42 Å². The zero-order valence-corrected chi connectivity index (χ0v) is 20.2. The lowest BCUT2D eigenvalue weighted by Crippen LogP contribution is -2.29. The highest BCUT2D eigenvalue weighted by atomic mass is 31.2. The normalized spacial score (nSPS) is 21.8. The minimum absolute atomic E-state index is 0.337. The maximum absolute atomic E-state index is 14.0. The molecule has 34 heavy (non-hydrogen) atoms. The Labute approximate surface area is 198 Å². The van der Waals surface area contributed by atoms with Gasteiger partial charge in [0.2, 0.25) is 0 Å². The first kappa shape index (κ1) is 21.4. The molecule has 0 fully saturated rings. The number of hydrogen-bond acceptors (Lipinski definition) is 4. The summed E-state index contributed by atoms with van der Waals surface area (Å²) in [4.78, 5) is 0. The van der Waals surface area contributed by atoms with E-state index in [1.807, 2.05) is 97.1 Å². The van der Waals surface area contributed by atoms with Gasteiger partial charge in [-0.05, 0) is 36.2 Å². The molecule has 0 spiro atoms. The average Bonchev–Trinajstić information content (AvgIpc) is 2.87. The molecule has 1 N–H and O–H groups in total. The van der Waals surface area contributed by atoms with Crippen LogP contribution in [0.2, 0.25) is 0 Å². The first-order valence-corrected chi connectivity index (χ1v) is 14.7. The van der Waals surface area contributed by atoms with Gasteiger partial charge in [0, 0.05) is 29.4 Å². The van der Waals surface area contributed by atoms with Gasteiger partial charge in [-0.2, -0.15) is 0 Å². The molecule has 2 aliphatic heterocycles. The summed E-state index contributed by atoms with van der Waals surface area (Å²) in [5, 5.41) is 4.56. The molecule has 4 aromatic rings. The molecule has 2 unspecified atom stereocenters. The van der Waals surface area contributed by atoms with Crippen LogP contribution in [0.5, 0.6) is 11.5 Å². The number of hydrogen-bond donors (Lipinski definition) is 1. The van der Waals surface area contributed by atoms with Gasteiger partial charge in [-0.25, -0.2) is 5.09 Å². The van der Waals surface area contributed by atoms with E-state index in [2.05, 4.69) is 5.09 Å². The minimum atomic E-state index is -3.33. The lowest BCUT2D eigenvalue weighted by molar-refractivity contribution is 0.473. The van der Waals surface area contributed by atoms with E-state index in [9.17, 15) is 9.13 Å². The predicted octanol–water partition coefficient (Wildman–Crippen LogP) is 6.21. The lowest BCUT2D eigenvalue weighted by atomic mass is 10.0. The maximum Gasteiger partial charge on any atom is 0.347 e. The lowest BCUT2D eigenvalue weighted by Gasteiger charge is -2.30. The van der Waals surface area contributed by atoms with Crippen molar-refractivity contribution >= 4 is 25.5 Å². The summed E-state index contributed by atoms with van der Waals surface area (Å²) in [7, 11) is -6.44. The van der Waals surface area contributed by atoms with Gasteiger partial charge in [0.25, 0.3) is 7.37 Å². The van der Waals surface area contributed by atoms with Gasteiger partial charge in [0.1, 0.15) is 11.5 Å². The summed E-state index contributed by atoms with van der Waals surface area (Å²) in [5.74, 6) is 1.25. The second kappa shape index (κ2) is 8.29.